The lowest BCUT2D eigenvalue weighted by molar-refractivity contribution is -0.123. The molecule has 0 saturated heterocycles. The molecule has 0 unspecified atom stereocenters. The van der Waals surface area contributed by atoms with Gasteiger partial charge in [-0.2, -0.15) is 5.10 Å². The summed E-state index contributed by atoms with van der Waals surface area (Å²) in [6, 6.07) is 11.7. The SMILES string of the molecule is Cc1cc(C)n([C@H](C)C(=O)NC/C=C/c2ccccc2)n1. The van der Waals surface area contributed by atoms with Crippen LogP contribution in [0, 0.1) is 13.8 Å². The van der Waals surface area contributed by atoms with Gasteiger partial charge in [-0.1, -0.05) is 42.5 Å². The molecule has 2 aromatic rings. The van der Waals surface area contributed by atoms with Gasteiger partial charge in [-0.15, -0.1) is 0 Å². The molecular formula is C17H21N3O. The van der Waals surface area contributed by atoms with Gasteiger partial charge in [-0.3, -0.25) is 9.48 Å². The van der Waals surface area contributed by atoms with E-state index < -0.39 is 0 Å². The Morgan fingerprint density at radius 1 is 1.33 bits per heavy atom. The number of carbonyl (C=O) groups is 1. The summed E-state index contributed by atoms with van der Waals surface area (Å²) in [5, 5.41) is 7.25. The van der Waals surface area contributed by atoms with Gasteiger partial charge in [0.25, 0.3) is 0 Å². The summed E-state index contributed by atoms with van der Waals surface area (Å²) in [5.74, 6) is -0.0288. The molecule has 4 heteroatoms. The van der Waals surface area contributed by atoms with Crippen molar-refractivity contribution in [1.82, 2.24) is 15.1 Å². The van der Waals surface area contributed by atoms with Gasteiger partial charge in [-0.05, 0) is 32.4 Å². The van der Waals surface area contributed by atoms with Gasteiger partial charge in [0.05, 0.1) is 5.69 Å². The highest BCUT2D eigenvalue weighted by Gasteiger charge is 2.16. The molecule has 0 spiro atoms. The number of hydrogen-bond acceptors (Lipinski definition) is 2. The third-order valence-electron chi connectivity index (χ3n) is 3.29. The molecule has 1 N–H and O–H groups in total. The lowest BCUT2D eigenvalue weighted by atomic mass is 10.2. The van der Waals surface area contributed by atoms with E-state index in [9.17, 15) is 4.79 Å². The summed E-state index contributed by atoms with van der Waals surface area (Å²) in [5.41, 5.74) is 3.05. The van der Waals surface area contributed by atoms with E-state index in [1.807, 2.05) is 69.3 Å². The van der Waals surface area contributed by atoms with E-state index in [4.69, 9.17) is 0 Å². The Balaban J connectivity index is 1.87. The molecule has 1 aromatic carbocycles. The minimum Gasteiger partial charge on any atom is -0.351 e. The molecule has 110 valence electrons. The Morgan fingerprint density at radius 3 is 2.67 bits per heavy atom. The lowest BCUT2D eigenvalue weighted by Gasteiger charge is -2.13. The van der Waals surface area contributed by atoms with Crippen molar-refractivity contribution >= 4 is 12.0 Å². The predicted molar refractivity (Wildman–Crippen MR) is 84.9 cm³/mol. The van der Waals surface area contributed by atoms with E-state index in [0.717, 1.165) is 17.0 Å². The maximum Gasteiger partial charge on any atom is 0.244 e. The molecule has 2 rings (SSSR count). The zero-order valence-electron chi connectivity index (χ0n) is 12.7. The smallest absolute Gasteiger partial charge is 0.244 e. The van der Waals surface area contributed by atoms with E-state index >= 15 is 0 Å². The largest absolute Gasteiger partial charge is 0.351 e. The first-order valence-electron chi connectivity index (χ1n) is 7.10. The number of hydrogen-bond donors (Lipinski definition) is 1. The van der Waals surface area contributed by atoms with Crippen LogP contribution in [0.1, 0.15) is 29.9 Å². The van der Waals surface area contributed by atoms with E-state index in [1.165, 1.54) is 0 Å². The van der Waals surface area contributed by atoms with E-state index in [0.29, 0.717) is 6.54 Å². The van der Waals surface area contributed by atoms with Crippen molar-refractivity contribution in [2.45, 2.75) is 26.8 Å². The topological polar surface area (TPSA) is 46.9 Å². The molecule has 0 aliphatic heterocycles. The molecule has 0 aliphatic carbocycles. The van der Waals surface area contributed by atoms with E-state index in [-0.39, 0.29) is 11.9 Å². The number of amides is 1. The van der Waals surface area contributed by atoms with Gasteiger partial charge in [0.15, 0.2) is 0 Å². The van der Waals surface area contributed by atoms with Crippen LogP contribution in [0.2, 0.25) is 0 Å². The zero-order chi connectivity index (χ0) is 15.2. The monoisotopic (exact) mass is 283 g/mol. The number of benzene rings is 1. The second-order valence-electron chi connectivity index (χ2n) is 5.11. The van der Waals surface area contributed by atoms with Gasteiger partial charge in [0, 0.05) is 12.2 Å². The van der Waals surface area contributed by atoms with Gasteiger partial charge >= 0.3 is 0 Å². The molecule has 1 aromatic heterocycles. The van der Waals surface area contributed by atoms with Crippen molar-refractivity contribution in [3.63, 3.8) is 0 Å². The highest BCUT2D eigenvalue weighted by molar-refractivity contribution is 5.80. The number of nitrogens with one attached hydrogen (secondary N) is 1. The summed E-state index contributed by atoms with van der Waals surface area (Å²) >= 11 is 0. The normalized spacial score (nSPS) is 12.5. The molecule has 1 heterocycles. The lowest BCUT2D eigenvalue weighted by Crippen LogP contribution is -2.32. The molecule has 21 heavy (non-hydrogen) atoms. The first kappa shape index (κ1) is 15.0. The zero-order valence-corrected chi connectivity index (χ0v) is 12.7. The van der Waals surface area contributed by atoms with Crippen LogP contribution >= 0.6 is 0 Å². The second kappa shape index (κ2) is 6.88. The van der Waals surface area contributed by atoms with Crippen LogP contribution < -0.4 is 5.32 Å². The number of carbonyl (C=O) groups excluding carboxylic acids is 1. The third-order valence-corrected chi connectivity index (χ3v) is 3.29. The average molecular weight is 283 g/mol. The van der Waals surface area contributed by atoms with Crippen LogP contribution in [-0.4, -0.2) is 22.2 Å². The van der Waals surface area contributed by atoms with Crippen molar-refractivity contribution in [3.8, 4) is 0 Å². The highest BCUT2D eigenvalue weighted by Crippen LogP contribution is 2.10. The van der Waals surface area contributed by atoms with Gasteiger partial charge < -0.3 is 5.32 Å². The van der Waals surface area contributed by atoms with Crippen molar-refractivity contribution in [2.75, 3.05) is 6.54 Å². The van der Waals surface area contributed by atoms with E-state index in [2.05, 4.69) is 10.4 Å². The minimum atomic E-state index is -0.302. The van der Waals surface area contributed by atoms with Crippen molar-refractivity contribution < 1.29 is 4.79 Å². The van der Waals surface area contributed by atoms with Crippen LogP contribution in [0.4, 0.5) is 0 Å². The number of nitrogens with zero attached hydrogens (tertiary/aromatic N) is 2. The molecule has 4 nitrogen and oxygen atoms in total. The maximum absolute atomic E-state index is 12.1. The molecule has 0 aliphatic rings. The summed E-state index contributed by atoms with van der Waals surface area (Å²) in [6.07, 6.45) is 3.94. The van der Waals surface area contributed by atoms with Crippen LogP contribution in [0.15, 0.2) is 42.5 Å². The van der Waals surface area contributed by atoms with Crippen LogP contribution in [0.25, 0.3) is 6.08 Å². The van der Waals surface area contributed by atoms with Crippen LogP contribution in [-0.2, 0) is 4.79 Å². The number of aryl methyl sites for hydroxylation is 2. The Kier molecular flexibility index (Phi) is 4.93. The van der Waals surface area contributed by atoms with Gasteiger partial charge in [0.1, 0.15) is 6.04 Å². The van der Waals surface area contributed by atoms with Crippen molar-refractivity contribution in [2.24, 2.45) is 0 Å². The maximum atomic E-state index is 12.1. The highest BCUT2D eigenvalue weighted by atomic mass is 16.2. The third kappa shape index (κ3) is 4.05. The van der Waals surface area contributed by atoms with Crippen molar-refractivity contribution in [1.29, 1.82) is 0 Å². The summed E-state index contributed by atoms with van der Waals surface area (Å²) in [6.45, 7) is 6.25. The van der Waals surface area contributed by atoms with E-state index in [1.54, 1.807) is 4.68 Å². The molecule has 0 radical (unpaired) electrons. The summed E-state index contributed by atoms with van der Waals surface area (Å²) in [4.78, 5) is 12.1. The quantitative estimate of drug-likeness (QED) is 0.917. The van der Waals surface area contributed by atoms with Gasteiger partial charge in [0.2, 0.25) is 5.91 Å². The van der Waals surface area contributed by atoms with Crippen LogP contribution in [0.5, 0.6) is 0 Å². The summed E-state index contributed by atoms with van der Waals surface area (Å²) < 4.78 is 1.76. The number of aromatic nitrogens is 2. The standard InChI is InChI=1S/C17H21N3O/c1-13-12-14(2)20(19-13)15(3)17(21)18-11-7-10-16-8-5-4-6-9-16/h4-10,12,15H,11H2,1-3H3,(H,18,21)/b10-7+/t15-/m1/s1. The fraction of sp³-hybridized carbons (Fsp3) is 0.294. The van der Waals surface area contributed by atoms with Gasteiger partial charge in [-0.25, -0.2) is 0 Å². The Morgan fingerprint density at radius 2 is 2.05 bits per heavy atom. The predicted octanol–water partition coefficient (Wildman–Crippen LogP) is 2.89. The Hall–Kier alpha value is -2.36. The molecular weight excluding hydrogens is 262 g/mol. The second-order valence-corrected chi connectivity index (χ2v) is 5.11. The first-order chi connectivity index (χ1) is 10.1. The Labute approximate surface area is 125 Å². The van der Waals surface area contributed by atoms with Crippen LogP contribution in [0.3, 0.4) is 0 Å². The molecule has 0 saturated carbocycles. The first-order valence-corrected chi connectivity index (χ1v) is 7.10. The number of rotatable bonds is 5. The molecule has 1 atom stereocenters. The minimum absolute atomic E-state index is 0.0288. The molecule has 0 bridgehead atoms. The average Bonchev–Trinajstić information content (AvgIpc) is 2.82. The molecule has 1 amide bonds. The summed E-state index contributed by atoms with van der Waals surface area (Å²) in [7, 11) is 0. The molecule has 0 fully saturated rings. The van der Waals surface area contributed by atoms with Crippen molar-refractivity contribution in [3.05, 3.63) is 59.4 Å². The Bertz CT molecular complexity index is 629. The fourth-order valence-corrected chi connectivity index (χ4v) is 2.22. The fourth-order valence-electron chi connectivity index (χ4n) is 2.22.